The first-order valence-corrected chi connectivity index (χ1v) is 11.2. The third kappa shape index (κ3) is 6.01. The molecule has 7 nitrogen and oxygen atoms in total. The van der Waals surface area contributed by atoms with Crippen molar-refractivity contribution in [3.63, 3.8) is 0 Å². The van der Waals surface area contributed by atoms with Crippen molar-refractivity contribution in [2.24, 2.45) is 0 Å². The molecule has 1 saturated heterocycles. The zero-order valence-electron chi connectivity index (χ0n) is 18.6. The van der Waals surface area contributed by atoms with E-state index in [-0.39, 0.29) is 29.8 Å². The van der Waals surface area contributed by atoms with Crippen molar-refractivity contribution in [1.82, 2.24) is 4.98 Å². The summed E-state index contributed by atoms with van der Waals surface area (Å²) >= 11 is 6.48. The van der Waals surface area contributed by atoms with E-state index in [4.69, 9.17) is 25.8 Å². The summed E-state index contributed by atoms with van der Waals surface area (Å²) in [5.74, 6) is -2.02. The summed E-state index contributed by atoms with van der Waals surface area (Å²) in [5, 5.41) is 0.198. The fourth-order valence-corrected chi connectivity index (χ4v) is 3.86. The normalized spacial score (nSPS) is 15.9. The average Bonchev–Trinajstić information content (AvgIpc) is 3.28. The molecule has 176 valence electrons. The Kier molecular flexibility index (Phi) is 8.65. The number of hydrogen-bond acceptors (Lipinski definition) is 7. The molecule has 2 heterocycles. The highest BCUT2D eigenvalue weighted by Gasteiger charge is 2.30. The Labute approximate surface area is 197 Å². The molecule has 1 aliphatic rings. The number of anilines is 1. The molecule has 0 N–H and O–H groups in total. The van der Waals surface area contributed by atoms with Crippen LogP contribution in [0.15, 0.2) is 48.4 Å². The van der Waals surface area contributed by atoms with Crippen LogP contribution in [0.3, 0.4) is 0 Å². The largest absolute Gasteiger partial charge is 0.500 e. The zero-order chi connectivity index (χ0) is 23.8. The predicted octanol–water partition coefficient (Wildman–Crippen LogP) is 4.59. The van der Waals surface area contributed by atoms with E-state index in [1.165, 1.54) is 12.1 Å². The lowest BCUT2D eigenvalue weighted by Gasteiger charge is -2.28. The van der Waals surface area contributed by atoms with Crippen LogP contribution in [0.1, 0.15) is 37.0 Å². The van der Waals surface area contributed by atoms with Gasteiger partial charge in [-0.2, -0.15) is 0 Å². The number of Topliss-reactive ketones (excluding diaryl/α,β-unsaturated/α-hetero) is 1. The highest BCUT2D eigenvalue weighted by atomic mass is 35.5. The Morgan fingerprint density at radius 1 is 1.27 bits per heavy atom. The molecule has 0 bridgehead atoms. The molecule has 1 aliphatic heterocycles. The Bertz CT molecular complexity index is 1020. The van der Waals surface area contributed by atoms with Crippen molar-refractivity contribution in [1.29, 1.82) is 0 Å². The van der Waals surface area contributed by atoms with E-state index in [1.807, 2.05) is 11.0 Å². The molecule has 0 spiro atoms. The summed E-state index contributed by atoms with van der Waals surface area (Å²) in [7, 11) is 0. The number of rotatable bonds is 10. The molecule has 1 atom stereocenters. The van der Waals surface area contributed by atoms with Gasteiger partial charge in [0, 0.05) is 18.8 Å². The Morgan fingerprint density at radius 3 is 2.79 bits per heavy atom. The Morgan fingerprint density at radius 2 is 2.09 bits per heavy atom. The number of ketones is 1. The number of esters is 1. The summed E-state index contributed by atoms with van der Waals surface area (Å²) in [4.78, 5) is 31.2. The number of carbonyl (C=O) groups excluding carboxylic acids is 2. The third-order valence-electron chi connectivity index (χ3n) is 5.14. The number of ether oxygens (including phenoxy) is 3. The van der Waals surface area contributed by atoms with Crippen LogP contribution in [0, 0.1) is 5.82 Å². The molecule has 1 aromatic heterocycles. The Balaban J connectivity index is 1.82. The monoisotopic (exact) mass is 476 g/mol. The van der Waals surface area contributed by atoms with Crippen LogP contribution in [0.4, 0.5) is 10.1 Å². The van der Waals surface area contributed by atoms with Gasteiger partial charge in [-0.25, -0.2) is 14.2 Å². The van der Waals surface area contributed by atoms with Crippen molar-refractivity contribution in [3.8, 4) is 5.88 Å². The number of benzene rings is 1. The van der Waals surface area contributed by atoms with Crippen molar-refractivity contribution in [2.45, 2.75) is 32.7 Å². The smallest absolute Gasteiger partial charge is 0.345 e. The van der Waals surface area contributed by atoms with Gasteiger partial charge >= 0.3 is 5.97 Å². The minimum absolute atomic E-state index is 0.0293. The highest BCUT2D eigenvalue weighted by Crippen LogP contribution is 2.35. The van der Waals surface area contributed by atoms with E-state index >= 15 is 4.39 Å². The summed E-state index contributed by atoms with van der Waals surface area (Å²) in [5.41, 5.74) is -0.267. The maximum Gasteiger partial charge on any atom is 0.345 e. The SMILES string of the molecule is CCO/C=C(\C(=O)OCC)C(=O)c1cc(Cl)c(N2CCC[C@@H]2COc2ccccn2)cc1F. The van der Waals surface area contributed by atoms with Crippen LogP contribution in [0.2, 0.25) is 5.02 Å². The van der Waals surface area contributed by atoms with E-state index in [1.54, 1.807) is 32.2 Å². The molecule has 0 saturated carbocycles. The average molecular weight is 477 g/mol. The predicted molar refractivity (Wildman–Crippen MR) is 122 cm³/mol. The van der Waals surface area contributed by atoms with Crippen molar-refractivity contribution < 1.29 is 28.2 Å². The third-order valence-corrected chi connectivity index (χ3v) is 5.44. The molecular weight excluding hydrogens is 451 g/mol. The summed E-state index contributed by atoms with van der Waals surface area (Å²) in [6, 6.07) is 7.83. The van der Waals surface area contributed by atoms with Crippen LogP contribution >= 0.6 is 11.6 Å². The molecule has 0 aliphatic carbocycles. The van der Waals surface area contributed by atoms with Crippen LogP contribution in [0.5, 0.6) is 5.88 Å². The number of pyridine rings is 1. The van der Waals surface area contributed by atoms with Gasteiger partial charge < -0.3 is 19.1 Å². The molecule has 1 fully saturated rings. The van der Waals surface area contributed by atoms with E-state index in [0.717, 1.165) is 19.1 Å². The second kappa shape index (κ2) is 11.7. The minimum atomic E-state index is -0.887. The number of carbonyl (C=O) groups is 2. The molecular formula is C24H26ClFN2O5. The summed E-state index contributed by atoms with van der Waals surface area (Å²) in [6.45, 7) is 4.63. The van der Waals surface area contributed by atoms with Gasteiger partial charge in [-0.15, -0.1) is 0 Å². The van der Waals surface area contributed by atoms with Crippen molar-refractivity contribution in [3.05, 3.63) is 64.8 Å². The number of halogens is 2. The van der Waals surface area contributed by atoms with Gasteiger partial charge in [-0.05, 0) is 44.9 Å². The van der Waals surface area contributed by atoms with Crippen LogP contribution in [-0.2, 0) is 14.3 Å². The van der Waals surface area contributed by atoms with E-state index in [2.05, 4.69) is 4.98 Å². The van der Waals surface area contributed by atoms with E-state index < -0.39 is 23.1 Å². The van der Waals surface area contributed by atoms with Crippen LogP contribution in [0.25, 0.3) is 0 Å². The highest BCUT2D eigenvalue weighted by molar-refractivity contribution is 6.34. The van der Waals surface area contributed by atoms with Crippen molar-refractivity contribution in [2.75, 3.05) is 31.3 Å². The number of nitrogens with zero attached hydrogens (tertiary/aromatic N) is 2. The Hall–Kier alpha value is -3.13. The van der Waals surface area contributed by atoms with Gasteiger partial charge in [0.15, 0.2) is 0 Å². The van der Waals surface area contributed by atoms with Crippen molar-refractivity contribution >= 4 is 29.0 Å². The lowest BCUT2D eigenvalue weighted by atomic mass is 10.0. The molecule has 2 aromatic rings. The fourth-order valence-electron chi connectivity index (χ4n) is 3.59. The second-order valence-corrected chi connectivity index (χ2v) is 7.70. The molecule has 3 rings (SSSR count). The molecule has 33 heavy (non-hydrogen) atoms. The molecule has 0 unspecified atom stereocenters. The topological polar surface area (TPSA) is 78.0 Å². The number of aromatic nitrogens is 1. The first-order chi connectivity index (χ1) is 16.0. The fraction of sp³-hybridized carbons (Fsp3) is 0.375. The van der Waals surface area contributed by atoms with Gasteiger partial charge in [0.25, 0.3) is 0 Å². The second-order valence-electron chi connectivity index (χ2n) is 7.29. The molecule has 0 amide bonds. The van der Waals surface area contributed by atoms with Gasteiger partial charge in [0.2, 0.25) is 11.7 Å². The summed E-state index contributed by atoms with van der Waals surface area (Å²) in [6.07, 6.45) is 4.37. The molecule has 9 heteroatoms. The van der Waals surface area contributed by atoms with Gasteiger partial charge in [0.05, 0.1) is 35.5 Å². The minimum Gasteiger partial charge on any atom is -0.500 e. The molecule has 0 radical (unpaired) electrons. The van der Waals surface area contributed by atoms with Gasteiger partial charge in [-0.3, -0.25) is 4.79 Å². The van der Waals surface area contributed by atoms with Crippen LogP contribution < -0.4 is 9.64 Å². The number of hydrogen-bond donors (Lipinski definition) is 0. The van der Waals surface area contributed by atoms with Crippen LogP contribution in [-0.4, -0.2) is 49.1 Å². The lowest BCUT2D eigenvalue weighted by molar-refractivity contribution is -0.138. The van der Waals surface area contributed by atoms with E-state index in [0.29, 0.717) is 24.7 Å². The molecule has 1 aromatic carbocycles. The zero-order valence-corrected chi connectivity index (χ0v) is 19.3. The summed E-state index contributed by atoms with van der Waals surface area (Å²) < 4.78 is 30.8. The first-order valence-electron chi connectivity index (χ1n) is 10.8. The first kappa shape index (κ1) is 24.5. The van der Waals surface area contributed by atoms with E-state index in [9.17, 15) is 9.59 Å². The maximum atomic E-state index is 15.1. The maximum absolute atomic E-state index is 15.1. The standard InChI is InChI=1S/C24H26ClFN2O5/c1-3-31-15-18(24(30)32-4-2)23(29)17-12-19(25)21(13-20(17)26)28-11-7-8-16(28)14-33-22-9-5-6-10-27-22/h5-6,9-10,12-13,15-16H,3-4,7-8,11,14H2,1-2H3/b18-15-/t16-/m1/s1. The van der Waals surface area contributed by atoms with Gasteiger partial charge in [-0.1, -0.05) is 17.7 Å². The lowest BCUT2D eigenvalue weighted by Crippen LogP contribution is -2.34. The quantitative estimate of drug-likeness (QED) is 0.124. The van der Waals surface area contributed by atoms with Gasteiger partial charge in [0.1, 0.15) is 24.3 Å².